The molecule has 4 rings (SSSR count). The fourth-order valence-corrected chi connectivity index (χ4v) is 3.80. The van der Waals surface area contributed by atoms with Crippen molar-refractivity contribution in [3.8, 4) is 16.3 Å². The molecule has 4 aromatic rings. The Balaban J connectivity index is 1.36. The molecule has 0 atom stereocenters. The van der Waals surface area contributed by atoms with Gasteiger partial charge >= 0.3 is 6.18 Å². The van der Waals surface area contributed by atoms with Crippen molar-refractivity contribution >= 4 is 22.9 Å². The molecule has 33 heavy (non-hydrogen) atoms. The molecule has 0 aliphatic heterocycles. The molecule has 3 aromatic carbocycles. The van der Waals surface area contributed by atoms with E-state index in [0.717, 1.165) is 23.3 Å². The standard InChI is InChI=1S/C25H19F3N2O2S/c1-16-2-10-20(11-3-16)29-23(31)22-15-33-24(30-22)18-6-12-21(13-7-18)32-14-17-4-8-19(9-5-17)25(26,27)28/h2-13,15H,14H2,1H3,(H,29,31). The minimum atomic E-state index is -4.35. The van der Waals surface area contributed by atoms with Crippen LogP contribution in [-0.2, 0) is 12.8 Å². The summed E-state index contributed by atoms with van der Waals surface area (Å²) in [5.74, 6) is 0.297. The average molecular weight is 469 g/mol. The number of alkyl halides is 3. The van der Waals surface area contributed by atoms with Gasteiger partial charge < -0.3 is 10.1 Å². The maximum Gasteiger partial charge on any atom is 0.416 e. The van der Waals surface area contributed by atoms with Gasteiger partial charge in [0.1, 0.15) is 23.1 Å². The first-order valence-corrected chi connectivity index (χ1v) is 10.9. The van der Waals surface area contributed by atoms with E-state index in [1.165, 1.54) is 23.5 Å². The number of anilines is 1. The molecular formula is C25H19F3N2O2S. The second-order valence-corrected chi connectivity index (χ2v) is 8.22. The molecule has 1 aromatic heterocycles. The number of carbonyl (C=O) groups excluding carboxylic acids is 1. The Morgan fingerprint density at radius 2 is 1.64 bits per heavy atom. The molecule has 0 aliphatic rings. The van der Waals surface area contributed by atoms with Crippen molar-refractivity contribution in [1.82, 2.24) is 4.98 Å². The van der Waals surface area contributed by atoms with Gasteiger partial charge in [0.15, 0.2) is 0 Å². The van der Waals surface area contributed by atoms with Crippen LogP contribution in [0.25, 0.3) is 10.6 Å². The number of hydrogen-bond donors (Lipinski definition) is 1. The molecule has 0 radical (unpaired) electrons. The molecule has 0 aliphatic carbocycles. The lowest BCUT2D eigenvalue weighted by atomic mass is 10.1. The lowest BCUT2D eigenvalue weighted by Crippen LogP contribution is -2.12. The fourth-order valence-electron chi connectivity index (χ4n) is 2.99. The van der Waals surface area contributed by atoms with Gasteiger partial charge in [-0.05, 0) is 61.0 Å². The third kappa shape index (κ3) is 5.78. The van der Waals surface area contributed by atoms with Gasteiger partial charge in [-0.15, -0.1) is 11.3 Å². The number of carbonyl (C=O) groups is 1. The largest absolute Gasteiger partial charge is 0.489 e. The number of aromatic nitrogens is 1. The summed E-state index contributed by atoms with van der Waals surface area (Å²) in [6.45, 7) is 2.13. The quantitative estimate of drug-likeness (QED) is 0.333. The zero-order valence-electron chi connectivity index (χ0n) is 17.5. The Morgan fingerprint density at radius 1 is 0.970 bits per heavy atom. The SMILES string of the molecule is Cc1ccc(NC(=O)c2csc(-c3ccc(OCc4ccc(C(F)(F)F)cc4)cc3)n2)cc1. The van der Waals surface area contributed by atoms with Crippen LogP contribution < -0.4 is 10.1 Å². The number of halogens is 3. The molecule has 1 N–H and O–H groups in total. The lowest BCUT2D eigenvalue weighted by molar-refractivity contribution is -0.137. The van der Waals surface area contributed by atoms with Crippen LogP contribution in [0.4, 0.5) is 18.9 Å². The van der Waals surface area contributed by atoms with Crippen LogP contribution in [0.3, 0.4) is 0 Å². The van der Waals surface area contributed by atoms with Crippen LogP contribution in [0.5, 0.6) is 5.75 Å². The maximum atomic E-state index is 12.6. The summed E-state index contributed by atoms with van der Waals surface area (Å²) in [5, 5.41) is 5.22. The van der Waals surface area contributed by atoms with Crippen molar-refractivity contribution in [2.24, 2.45) is 0 Å². The number of ether oxygens (including phenoxy) is 1. The van der Waals surface area contributed by atoms with Crippen LogP contribution >= 0.6 is 11.3 Å². The molecule has 0 bridgehead atoms. The van der Waals surface area contributed by atoms with Crippen molar-refractivity contribution in [2.75, 3.05) is 5.32 Å². The van der Waals surface area contributed by atoms with E-state index in [9.17, 15) is 18.0 Å². The Labute approximate surface area is 192 Å². The van der Waals surface area contributed by atoms with Crippen LogP contribution in [0.15, 0.2) is 78.2 Å². The first-order chi connectivity index (χ1) is 15.8. The summed E-state index contributed by atoms with van der Waals surface area (Å²) in [7, 11) is 0. The molecule has 8 heteroatoms. The summed E-state index contributed by atoms with van der Waals surface area (Å²) in [6, 6.07) is 19.5. The Bertz CT molecular complexity index is 1230. The highest BCUT2D eigenvalue weighted by molar-refractivity contribution is 7.13. The summed E-state index contributed by atoms with van der Waals surface area (Å²) in [6.07, 6.45) is -4.35. The molecule has 0 unspecified atom stereocenters. The van der Waals surface area contributed by atoms with E-state index in [-0.39, 0.29) is 12.5 Å². The zero-order chi connectivity index (χ0) is 23.4. The predicted molar refractivity (Wildman–Crippen MR) is 122 cm³/mol. The van der Waals surface area contributed by atoms with Crippen LogP contribution in [-0.4, -0.2) is 10.9 Å². The number of benzene rings is 3. The van der Waals surface area contributed by atoms with Crippen molar-refractivity contribution in [3.63, 3.8) is 0 Å². The van der Waals surface area contributed by atoms with Gasteiger partial charge in [-0.2, -0.15) is 13.2 Å². The number of rotatable bonds is 6. The zero-order valence-corrected chi connectivity index (χ0v) is 18.3. The highest BCUT2D eigenvalue weighted by Crippen LogP contribution is 2.30. The molecule has 0 saturated carbocycles. The van der Waals surface area contributed by atoms with E-state index in [0.29, 0.717) is 27.7 Å². The van der Waals surface area contributed by atoms with Crippen molar-refractivity contribution in [2.45, 2.75) is 19.7 Å². The number of hydrogen-bond acceptors (Lipinski definition) is 4. The molecular weight excluding hydrogens is 449 g/mol. The minimum Gasteiger partial charge on any atom is -0.489 e. The fraction of sp³-hybridized carbons (Fsp3) is 0.120. The Morgan fingerprint density at radius 3 is 2.27 bits per heavy atom. The van der Waals surface area contributed by atoms with Gasteiger partial charge in [0.05, 0.1) is 5.56 Å². The molecule has 168 valence electrons. The number of nitrogens with one attached hydrogen (secondary N) is 1. The summed E-state index contributed by atoms with van der Waals surface area (Å²) in [5.41, 5.74) is 2.92. The summed E-state index contributed by atoms with van der Waals surface area (Å²) in [4.78, 5) is 16.9. The van der Waals surface area contributed by atoms with E-state index in [4.69, 9.17) is 4.74 Å². The van der Waals surface area contributed by atoms with E-state index in [1.807, 2.05) is 43.3 Å². The minimum absolute atomic E-state index is 0.151. The third-order valence-corrected chi connectivity index (χ3v) is 5.73. The van der Waals surface area contributed by atoms with Gasteiger partial charge in [0.2, 0.25) is 0 Å². The van der Waals surface area contributed by atoms with Gasteiger partial charge in [-0.1, -0.05) is 29.8 Å². The van der Waals surface area contributed by atoms with Crippen LogP contribution in [0, 0.1) is 6.92 Å². The van der Waals surface area contributed by atoms with E-state index >= 15 is 0 Å². The average Bonchev–Trinajstić information content (AvgIpc) is 3.30. The monoisotopic (exact) mass is 468 g/mol. The summed E-state index contributed by atoms with van der Waals surface area (Å²) < 4.78 is 43.6. The highest BCUT2D eigenvalue weighted by Gasteiger charge is 2.29. The topological polar surface area (TPSA) is 51.2 Å². The van der Waals surface area contributed by atoms with E-state index in [1.54, 1.807) is 17.5 Å². The Kier molecular flexibility index (Phi) is 6.46. The molecule has 1 heterocycles. The van der Waals surface area contributed by atoms with Crippen molar-refractivity contribution in [3.05, 3.63) is 101 Å². The van der Waals surface area contributed by atoms with Gasteiger partial charge in [-0.25, -0.2) is 4.98 Å². The van der Waals surface area contributed by atoms with E-state index < -0.39 is 11.7 Å². The molecule has 1 amide bonds. The number of thiazole rings is 1. The maximum absolute atomic E-state index is 12.6. The third-order valence-electron chi connectivity index (χ3n) is 4.83. The van der Waals surface area contributed by atoms with Crippen LogP contribution in [0.1, 0.15) is 27.2 Å². The molecule has 0 spiro atoms. The Hall–Kier alpha value is -3.65. The predicted octanol–water partition coefficient (Wildman–Crippen LogP) is 6.97. The second kappa shape index (κ2) is 9.46. The smallest absolute Gasteiger partial charge is 0.416 e. The molecule has 0 fully saturated rings. The lowest BCUT2D eigenvalue weighted by Gasteiger charge is -2.09. The normalized spacial score (nSPS) is 11.3. The first kappa shape index (κ1) is 22.5. The number of nitrogens with zero attached hydrogens (tertiary/aromatic N) is 1. The van der Waals surface area contributed by atoms with E-state index in [2.05, 4.69) is 10.3 Å². The highest BCUT2D eigenvalue weighted by atomic mass is 32.1. The number of aryl methyl sites for hydroxylation is 1. The van der Waals surface area contributed by atoms with Gasteiger partial charge in [-0.3, -0.25) is 4.79 Å². The molecule has 0 saturated heterocycles. The van der Waals surface area contributed by atoms with Crippen LogP contribution in [0.2, 0.25) is 0 Å². The molecule has 4 nitrogen and oxygen atoms in total. The van der Waals surface area contributed by atoms with Gasteiger partial charge in [0, 0.05) is 16.6 Å². The first-order valence-electron chi connectivity index (χ1n) is 10.0. The van der Waals surface area contributed by atoms with Gasteiger partial charge in [0.25, 0.3) is 5.91 Å². The van der Waals surface area contributed by atoms with Crippen molar-refractivity contribution < 1.29 is 22.7 Å². The number of amides is 1. The van der Waals surface area contributed by atoms with Crippen molar-refractivity contribution in [1.29, 1.82) is 0 Å². The second-order valence-electron chi connectivity index (χ2n) is 7.37. The summed E-state index contributed by atoms with van der Waals surface area (Å²) >= 11 is 1.36.